The van der Waals surface area contributed by atoms with E-state index < -0.39 is 0 Å². The summed E-state index contributed by atoms with van der Waals surface area (Å²) in [4.78, 5) is 0. The van der Waals surface area contributed by atoms with Gasteiger partial charge < -0.3 is 5.11 Å². The van der Waals surface area contributed by atoms with Crippen molar-refractivity contribution in [2.24, 2.45) is 5.41 Å². The van der Waals surface area contributed by atoms with Crippen LogP contribution >= 0.6 is 9.24 Å². The average molecular weight is 252 g/mol. The van der Waals surface area contributed by atoms with Crippen LogP contribution in [0.4, 0.5) is 0 Å². The Hall–Kier alpha value is -0.550. The molecule has 0 aliphatic heterocycles. The zero-order valence-electron chi connectivity index (χ0n) is 11.9. The van der Waals surface area contributed by atoms with Gasteiger partial charge in [0.15, 0.2) is 0 Å². The Morgan fingerprint density at radius 3 is 2.00 bits per heavy atom. The van der Waals surface area contributed by atoms with E-state index in [4.69, 9.17) is 0 Å². The van der Waals surface area contributed by atoms with Crippen LogP contribution in [0, 0.1) is 5.41 Å². The predicted molar refractivity (Wildman–Crippen MR) is 79.3 cm³/mol. The molecule has 0 fully saturated rings. The largest absolute Gasteiger partial charge is 0.507 e. The minimum atomic E-state index is -0.0245. The zero-order valence-corrected chi connectivity index (χ0v) is 13.0. The van der Waals surface area contributed by atoms with Crippen LogP contribution in [-0.2, 0) is 11.8 Å². The highest BCUT2D eigenvalue weighted by molar-refractivity contribution is 7.27. The molecule has 0 bridgehead atoms. The molecule has 1 atom stereocenters. The first kappa shape index (κ1) is 14.5. The van der Waals surface area contributed by atoms with E-state index in [1.165, 1.54) is 0 Å². The maximum absolute atomic E-state index is 10.4. The van der Waals surface area contributed by atoms with Gasteiger partial charge >= 0.3 is 0 Å². The van der Waals surface area contributed by atoms with E-state index >= 15 is 0 Å². The smallest absolute Gasteiger partial charge is 0.122 e. The van der Waals surface area contributed by atoms with Gasteiger partial charge in [-0.15, -0.1) is 9.24 Å². The van der Waals surface area contributed by atoms with E-state index in [0.717, 1.165) is 22.9 Å². The van der Waals surface area contributed by atoms with Gasteiger partial charge in [-0.3, -0.25) is 0 Å². The monoisotopic (exact) mass is 252 g/mol. The van der Waals surface area contributed by atoms with Crippen molar-refractivity contribution in [1.29, 1.82) is 0 Å². The van der Waals surface area contributed by atoms with Gasteiger partial charge in [0.1, 0.15) is 5.75 Å². The van der Waals surface area contributed by atoms with E-state index in [0.29, 0.717) is 5.75 Å². The molecule has 1 rings (SSSR count). The fraction of sp³-hybridized carbons (Fsp3) is 0.600. The molecule has 0 saturated heterocycles. The van der Waals surface area contributed by atoms with Crippen LogP contribution in [0.1, 0.15) is 52.7 Å². The third kappa shape index (κ3) is 4.00. The lowest BCUT2D eigenvalue weighted by atomic mass is 9.82. The second kappa shape index (κ2) is 4.61. The van der Waals surface area contributed by atoms with Crippen LogP contribution in [0.25, 0.3) is 0 Å². The molecule has 1 N–H and O–H groups in total. The normalized spacial score (nSPS) is 12.9. The lowest BCUT2D eigenvalue weighted by Crippen LogP contribution is -2.17. The summed E-state index contributed by atoms with van der Waals surface area (Å²) in [6.07, 6.45) is 0.893. The van der Waals surface area contributed by atoms with Crippen molar-refractivity contribution in [2.45, 2.75) is 53.4 Å². The molecule has 1 aromatic rings. The zero-order chi connectivity index (χ0) is 13.4. The Labute approximate surface area is 108 Å². The molecule has 0 saturated carbocycles. The second-order valence-electron chi connectivity index (χ2n) is 7.06. The first-order valence-electron chi connectivity index (χ1n) is 6.12. The summed E-state index contributed by atoms with van der Waals surface area (Å²) in [5.74, 6) is 0.471. The highest BCUT2D eigenvalue weighted by atomic mass is 31.0. The van der Waals surface area contributed by atoms with Crippen molar-refractivity contribution in [3.8, 4) is 5.75 Å². The fourth-order valence-corrected chi connectivity index (χ4v) is 2.36. The molecular formula is C15H25OP. The summed E-state index contributed by atoms with van der Waals surface area (Å²) in [5.41, 5.74) is 2.24. The van der Waals surface area contributed by atoms with E-state index in [1.807, 2.05) is 0 Å². The molecule has 0 aromatic heterocycles. The van der Waals surface area contributed by atoms with E-state index in [-0.39, 0.29) is 10.8 Å². The Morgan fingerprint density at radius 2 is 1.59 bits per heavy atom. The Balaban J connectivity index is 3.29. The average Bonchev–Trinajstić information content (AvgIpc) is 2.06. The molecule has 1 unspecified atom stereocenters. The maximum Gasteiger partial charge on any atom is 0.122 e. The van der Waals surface area contributed by atoms with Crippen molar-refractivity contribution in [2.75, 3.05) is 0 Å². The third-order valence-electron chi connectivity index (χ3n) is 2.74. The molecule has 0 aliphatic carbocycles. The molecule has 0 aliphatic rings. The topological polar surface area (TPSA) is 20.2 Å². The second-order valence-corrected chi connectivity index (χ2v) is 7.73. The van der Waals surface area contributed by atoms with Gasteiger partial charge in [-0.2, -0.15) is 0 Å². The number of phenols is 1. The lowest BCUT2D eigenvalue weighted by Gasteiger charge is -2.25. The third-order valence-corrected chi connectivity index (χ3v) is 3.07. The Bertz CT molecular complexity index is 408. The molecule has 2 heteroatoms. The number of hydrogen-bond acceptors (Lipinski definition) is 1. The quantitative estimate of drug-likeness (QED) is 0.754. The lowest BCUT2D eigenvalue weighted by molar-refractivity contribution is 0.388. The molecule has 1 nitrogen and oxygen atoms in total. The van der Waals surface area contributed by atoms with Crippen LogP contribution in [-0.4, -0.2) is 5.11 Å². The van der Waals surface area contributed by atoms with E-state index in [9.17, 15) is 5.11 Å². The molecule has 0 spiro atoms. The first-order valence-corrected chi connectivity index (χ1v) is 6.70. The first-order chi connectivity index (χ1) is 7.50. The fourth-order valence-electron chi connectivity index (χ4n) is 2.00. The summed E-state index contributed by atoms with van der Waals surface area (Å²) in [7, 11) is 2.74. The summed E-state index contributed by atoms with van der Waals surface area (Å²) in [6.45, 7) is 13.0. The van der Waals surface area contributed by atoms with E-state index in [2.05, 4.69) is 62.9 Å². The Kier molecular flexibility index (Phi) is 3.94. The summed E-state index contributed by atoms with van der Waals surface area (Å²) in [6, 6.07) is 4.13. The van der Waals surface area contributed by atoms with Crippen LogP contribution in [0.3, 0.4) is 0 Å². The minimum absolute atomic E-state index is 0.0245. The van der Waals surface area contributed by atoms with Gasteiger partial charge in [0, 0.05) is 5.56 Å². The molecular weight excluding hydrogens is 227 g/mol. The van der Waals surface area contributed by atoms with Crippen LogP contribution < -0.4 is 5.30 Å². The van der Waals surface area contributed by atoms with Crippen molar-refractivity contribution in [3.05, 3.63) is 23.3 Å². The van der Waals surface area contributed by atoms with Crippen molar-refractivity contribution >= 4 is 14.5 Å². The Morgan fingerprint density at radius 1 is 1.06 bits per heavy atom. The van der Waals surface area contributed by atoms with Crippen LogP contribution in [0.2, 0.25) is 0 Å². The predicted octanol–water partition coefficient (Wildman–Crippen LogP) is 3.78. The standard InChI is InChI=1S/C15H25OP/c1-14(2,3)9-10-7-11(17)8-12(13(10)16)15(4,5)6/h7-8,16H,9,17H2,1-6H3. The minimum Gasteiger partial charge on any atom is -0.507 e. The molecule has 1 aromatic carbocycles. The van der Waals surface area contributed by atoms with Crippen molar-refractivity contribution < 1.29 is 5.11 Å². The summed E-state index contributed by atoms with van der Waals surface area (Å²) < 4.78 is 0. The van der Waals surface area contributed by atoms with Gasteiger partial charge in [-0.1, -0.05) is 41.5 Å². The molecule has 0 heterocycles. The highest BCUT2D eigenvalue weighted by Crippen LogP contribution is 2.35. The number of aromatic hydroxyl groups is 1. The molecule has 0 radical (unpaired) electrons. The van der Waals surface area contributed by atoms with Crippen LogP contribution in [0.5, 0.6) is 5.75 Å². The van der Waals surface area contributed by atoms with Crippen molar-refractivity contribution in [1.82, 2.24) is 0 Å². The van der Waals surface area contributed by atoms with Gasteiger partial charge in [0.25, 0.3) is 0 Å². The molecule has 0 amide bonds. The van der Waals surface area contributed by atoms with Gasteiger partial charge in [-0.25, -0.2) is 0 Å². The number of hydrogen-bond donors (Lipinski definition) is 1. The van der Waals surface area contributed by atoms with Gasteiger partial charge in [0.05, 0.1) is 0 Å². The maximum atomic E-state index is 10.4. The van der Waals surface area contributed by atoms with E-state index in [1.54, 1.807) is 0 Å². The SMILES string of the molecule is CC(C)(C)Cc1cc(P)cc(C(C)(C)C)c1O. The number of rotatable bonds is 1. The molecule has 96 valence electrons. The van der Waals surface area contributed by atoms with Crippen molar-refractivity contribution in [3.63, 3.8) is 0 Å². The van der Waals surface area contributed by atoms with Gasteiger partial charge in [0.2, 0.25) is 0 Å². The van der Waals surface area contributed by atoms with Gasteiger partial charge in [-0.05, 0) is 40.3 Å². The summed E-state index contributed by atoms with van der Waals surface area (Å²) in [5, 5.41) is 11.5. The number of phenolic OH excluding ortho intramolecular Hbond substituents is 1. The van der Waals surface area contributed by atoms with Crippen LogP contribution in [0.15, 0.2) is 12.1 Å². The summed E-state index contributed by atoms with van der Waals surface area (Å²) >= 11 is 0. The highest BCUT2D eigenvalue weighted by Gasteiger charge is 2.22. The molecule has 17 heavy (non-hydrogen) atoms. The number of benzene rings is 1.